The van der Waals surface area contributed by atoms with Crippen molar-refractivity contribution in [2.75, 3.05) is 69.5 Å². The smallest absolute Gasteiger partial charge is 0.291 e. The number of hydrogen-bond acceptors (Lipinski definition) is 12. The number of aryl methyl sites for hydroxylation is 2. The molecule has 1 unspecified atom stereocenters. The lowest BCUT2D eigenvalue weighted by atomic mass is 9.95. The van der Waals surface area contributed by atoms with Gasteiger partial charge >= 0.3 is 0 Å². The molecule has 0 radical (unpaired) electrons. The summed E-state index contributed by atoms with van der Waals surface area (Å²) in [6.45, 7) is 18.1. The zero-order valence-corrected chi connectivity index (χ0v) is 43.7. The molecule has 2 N–H and O–H groups in total. The van der Waals surface area contributed by atoms with Gasteiger partial charge in [0.05, 0.1) is 12.4 Å². The standard InChI is InChI=1S/C56H80N14O2/c1-5-9-33-67(34-10-6-2)53(71)47-42-57-49-52(61-47)70(39-21-32-65-30-18-14-19-31-65)56(64-49)60-45-28-26-43(27-29-45)48-25-17-20-37-66(48)38-22-40-69-51-46(62-55(69)59-44-23-15-13-16-24-44)41-58-50(63-51)54(72)68(35-11-7-3)36-12-8-4/h13,15-16,23-24,26-29,41-42,48H,5-12,14,17-22,25,30-40H2,1-4H3,(H,59,62)(H,57,60,64). The number of fused-ring (bicyclic) bond motifs is 2. The molecule has 0 aliphatic carbocycles. The number of para-hydroxylation sites is 1. The number of unbranched alkanes of at least 4 members (excludes halogenated alkanes) is 4. The van der Waals surface area contributed by atoms with Gasteiger partial charge in [0.2, 0.25) is 17.7 Å². The molecule has 2 aromatic carbocycles. The van der Waals surface area contributed by atoms with E-state index in [1.54, 1.807) is 12.4 Å². The molecule has 386 valence electrons. The van der Waals surface area contributed by atoms with E-state index in [1.165, 1.54) is 31.2 Å². The Morgan fingerprint density at radius 3 is 1.83 bits per heavy atom. The van der Waals surface area contributed by atoms with Crippen LogP contribution >= 0.6 is 0 Å². The Kier molecular flexibility index (Phi) is 19.3. The minimum Gasteiger partial charge on any atom is -0.337 e. The van der Waals surface area contributed by atoms with Gasteiger partial charge in [0, 0.05) is 63.2 Å². The summed E-state index contributed by atoms with van der Waals surface area (Å²) in [5.41, 5.74) is 6.07. The number of likely N-dealkylation sites (tertiary alicyclic amines) is 2. The Labute approximate surface area is 427 Å². The van der Waals surface area contributed by atoms with Crippen molar-refractivity contribution >= 4 is 57.5 Å². The number of amides is 2. The van der Waals surface area contributed by atoms with Crippen LogP contribution in [0, 0.1) is 0 Å². The molecule has 6 aromatic rings. The molecule has 0 spiro atoms. The number of hydrogen-bond donors (Lipinski definition) is 2. The summed E-state index contributed by atoms with van der Waals surface area (Å²) in [4.78, 5) is 66.0. The molecule has 2 amide bonds. The van der Waals surface area contributed by atoms with E-state index in [0.29, 0.717) is 66.2 Å². The molecular weight excluding hydrogens is 901 g/mol. The molecule has 1 atom stereocenters. The van der Waals surface area contributed by atoms with Crippen LogP contribution in [-0.2, 0) is 13.1 Å². The lowest BCUT2D eigenvalue weighted by Crippen LogP contribution is -2.34. The molecule has 6 heterocycles. The first-order valence-electron chi connectivity index (χ1n) is 27.6. The van der Waals surface area contributed by atoms with E-state index in [0.717, 1.165) is 134 Å². The number of piperidine rings is 2. The second-order valence-electron chi connectivity index (χ2n) is 19.9. The molecule has 2 fully saturated rings. The first-order chi connectivity index (χ1) is 35.4. The third-order valence-electron chi connectivity index (χ3n) is 14.4. The van der Waals surface area contributed by atoms with Gasteiger partial charge in [-0.3, -0.25) is 23.6 Å². The molecule has 2 saturated heterocycles. The summed E-state index contributed by atoms with van der Waals surface area (Å²) in [6, 6.07) is 19.2. The molecule has 2 aliphatic heterocycles. The summed E-state index contributed by atoms with van der Waals surface area (Å²) in [7, 11) is 0. The maximum absolute atomic E-state index is 13.9. The summed E-state index contributed by atoms with van der Waals surface area (Å²) >= 11 is 0. The number of carbonyl (C=O) groups is 2. The number of carbonyl (C=O) groups excluding carboxylic acids is 2. The number of benzene rings is 2. The zero-order chi connectivity index (χ0) is 50.1. The van der Waals surface area contributed by atoms with Gasteiger partial charge in [-0.25, -0.2) is 24.9 Å². The SMILES string of the molecule is CCCCN(CCCC)C(=O)c1cnc2nc(Nc3ccc(C4CCCCN4CCCn4c(Nc5ccccc5)nc5cnc(C(=O)N(CCCC)CCCC)nc54)cc3)n(CCCN3CCCCC3)c2n1. The van der Waals surface area contributed by atoms with Crippen molar-refractivity contribution in [2.24, 2.45) is 0 Å². The van der Waals surface area contributed by atoms with E-state index in [9.17, 15) is 9.59 Å². The third kappa shape index (κ3) is 13.5. The molecule has 72 heavy (non-hydrogen) atoms. The number of anilines is 4. The molecular formula is C56H80N14O2. The van der Waals surface area contributed by atoms with Crippen LogP contribution in [0.2, 0.25) is 0 Å². The summed E-state index contributed by atoms with van der Waals surface area (Å²) in [5, 5.41) is 7.17. The van der Waals surface area contributed by atoms with Gasteiger partial charge in [-0.2, -0.15) is 4.98 Å². The van der Waals surface area contributed by atoms with Crippen LogP contribution in [0.1, 0.15) is 163 Å². The van der Waals surface area contributed by atoms with Gasteiger partial charge < -0.3 is 25.3 Å². The third-order valence-corrected chi connectivity index (χ3v) is 14.4. The van der Waals surface area contributed by atoms with E-state index in [-0.39, 0.29) is 23.7 Å². The van der Waals surface area contributed by atoms with Gasteiger partial charge in [-0.15, -0.1) is 0 Å². The Hall–Kier alpha value is -6.00. The monoisotopic (exact) mass is 981 g/mol. The van der Waals surface area contributed by atoms with Crippen LogP contribution in [0.4, 0.5) is 23.3 Å². The predicted molar refractivity (Wildman–Crippen MR) is 289 cm³/mol. The molecule has 16 heteroatoms. The minimum atomic E-state index is -0.119. The minimum absolute atomic E-state index is 0.0575. The molecule has 16 nitrogen and oxygen atoms in total. The maximum atomic E-state index is 13.9. The van der Waals surface area contributed by atoms with Crippen LogP contribution in [0.5, 0.6) is 0 Å². The van der Waals surface area contributed by atoms with Crippen molar-refractivity contribution < 1.29 is 9.59 Å². The number of imidazole rings is 2. The van der Waals surface area contributed by atoms with Crippen molar-refractivity contribution in [3.8, 4) is 0 Å². The van der Waals surface area contributed by atoms with E-state index in [2.05, 4.69) is 86.5 Å². The Balaban J connectivity index is 0.986. The number of nitrogens with zero attached hydrogens (tertiary/aromatic N) is 12. The highest BCUT2D eigenvalue weighted by molar-refractivity contribution is 5.94. The highest BCUT2D eigenvalue weighted by Gasteiger charge is 2.26. The molecule has 0 bridgehead atoms. The second kappa shape index (κ2) is 26.6. The van der Waals surface area contributed by atoms with Crippen molar-refractivity contribution in [1.29, 1.82) is 0 Å². The average molecular weight is 981 g/mol. The maximum Gasteiger partial charge on any atom is 0.291 e. The van der Waals surface area contributed by atoms with Crippen molar-refractivity contribution in [3.05, 3.63) is 84.1 Å². The van der Waals surface area contributed by atoms with Crippen LogP contribution in [0.3, 0.4) is 0 Å². The Morgan fingerprint density at radius 2 is 1.17 bits per heavy atom. The highest BCUT2D eigenvalue weighted by atomic mass is 16.2. The topological polar surface area (TPSA) is 158 Å². The fourth-order valence-corrected chi connectivity index (χ4v) is 10.2. The van der Waals surface area contributed by atoms with Crippen LogP contribution in [0.25, 0.3) is 22.5 Å². The Bertz CT molecular complexity index is 2610. The first-order valence-corrected chi connectivity index (χ1v) is 27.6. The quantitative estimate of drug-likeness (QED) is 0.0504. The summed E-state index contributed by atoms with van der Waals surface area (Å²) < 4.78 is 4.26. The van der Waals surface area contributed by atoms with Gasteiger partial charge in [0.1, 0.15) is 11.2 Å². The predicted octanol–water partition coefficient (Wildman–Crippen LogP) is 11.0. The van der Waals surface area contributed by atoms with Crippen LogP contribution in [0.15, 0.2) is 67.0 Å². The molecule has 8 rings (SSSR count). The van der Waals surface area contributed by atoms with Gasteiger partial charge in [-0.05, 0) is 120 Å². The van der Waals surface area contributed by atoms with E-state index in [1.807, 2.05) is 40.1 Å². The van der Waals surface area contributed by atoms with E-state index >= 15 is 0 Å². The molecule has 4 aromatic heterocycles. The lowest BCUT2D eigenvalue weighted by molar-refractivity contribution is 0.0734. The lowest BCUT2D eigenvalue weighted by Gasteiger charge is -2.36. The second-order valence-corrected chi connectivity index (χ2v) is 19.9. The zero-order valence-electron chi connectivity index (χ0n) is 43.7. The van der Waals surface area contributed by atoms with Crippen LogP contribution in [-0.4, -0.2) is 129 Å². The van der Waals surface area contributed by atoms with E-state index < -0.39 is 0 Å². The van der Waals surface area contributed by atoms with Crippen LogP contribution < -0.4 is 10.6 Å². The van der Waals surface area contributed by atoms with Crippen molar-refractivity contribution in [2.45, 2.75) is 150 Å². The Morgan fingerprint density at radius 1 is 0.569 bits per heavy atom. The number of nitrogens with one attached hydrogen (secondary N) is 2. The number of aromatic nitrogens is 8. The first kappa shape index (κ1) is 52.3. The summed E-state index contributed by atoms with van der Waals surface area (Å²) in [5.74, 6) is 1.43. The van der Waals surface area contributed by atoms with E-state index in [4.69, 9.17) is 24.9 Å². The fraction of sp³-hybridized carbons (Fsp3) is 0.571. The number of rotatable bonds is 27. The molecule has 0 saturated carbocycles. The largest absolute Gasteiger partial charge is 0.337 e. The highest BCUT2D eigenvalue weighted by Crippen LogP contribution is 2.33. The van der Waals surface area contributed by atoms with Gasteiger partial charge in [0.25, 0.3) is 11.8 Å². The molecule has 2 aliphatic rings. The fourth-order valence-electron chi connectivity index (χ4n) is 10.2. The average Bonchev–Trinajstić information content (AvgIpc) is 3.94. The summed E-state index contributed by atoms with van der Waals surface area (Å²) in [6.07, 6.45) is 20.3. The van der Waals surface area contributed by atoms with Crippen molar-refractivity contribution in [3.63, 3.8) is 0 Å². The normalized spacial score (nSPS) is 15.6. The van der Waals surface area contributed by atoms with Crippen molar-refractivity contribution in [1.82, 2.24) is 58.6 Å². The van der Waals surface area contributed by atoms with Gasteiger partial charge in [0.15, 0.2) is 16.9 Å². The van der Waals surface area contributed by atoms with Gasteiger partial charge in [-0.1, -0.05) is 96.6 Å².